The largest absolute Gasteiger partial charge is 0.496 e. The second-order valence-electron chi connectivity index (χ2n) is 8.63. The second kappa shape index (κ2) is 9.29. The minimum Gasteiger partial charge on any atom is -0.496 e. The third-order valence-corrected chi connectivity index (χ3v) is 8.34. The number of aromatic nitrogens is 1. The molecule has 1 aromatic heterocycles. The first-order chi connectivity index (χ1) is 15.7. The minimum atomic E-state index is -3.53. The van der Waals surface area contributed by atoms with Crippen LogP contribution < -0.4 is 4.74 Å². The van der Waals surface area contributed by atoms with E-state index in [9.17, 15) is 8.42 Å². The Morgan fingerprint density at radius 3 is 2.27 bits per heavy atom. The number of hydrogen-bond acceptors (Lipinski definition) is 6. The van der Waals surface area contributed by atoms with Gasteiger partial charge in [0.25, 0.3) is 0 Å². The molecule has 2 heterocycles. The summed E-state index contributed by atoms with van der Waals surface area (Å²) in [5.41, 5.74) is 4.35. The molecule has 0 spiro atoms. The van der Waals surface area contributed by atoms with Crippen LogP contribution in [0.1, 0.15) is 28.1 Å². The lowest BCUT2D eigenvalue weighted by atomic mass is 10.1. The molecule has 1 saturated heterocycles. The van der Waals surface area contributed by atoms with Gasteiger partial charge >= 0.3 is 0 Å². The summed E-state index contributed by atoms with van der Waals surface area (Å²) in [6.07, 6.45) is 0. The molecule has 0 aliphatic carbocycles. The van der Waals surface area contributed by atoms with Crippen molar-refractivity contribution >= 4 is 10.0 Å². The molecular weight excluding hydrogens is 438 g/mol. The van der Waals surface area contributed by atoms with Crippen LogP contribution in [0.15, 0.2) is 45.7 Å². The predicted molar refractivity (Wildman–Crippen MR) is 128 cm³/mol. The fourth-order valence-corrected chi connectivity index (χ4v) is 6.39. The van der Waals surface area contributed by atoms with E-state index >= 15 is 0 Å². The molecule has 2 aromatic carbocycles. The molecular formula is C25H31N3O4S. The van der Waals surface area contributed by atoms with Gasteiger partial charge in [0.15, 0.2) is 0 Å². The number of piperazine rings is 1. The molecule has 0 N–H and O–H groups in total. The molecule has 0 radical (unpaired) electrons. The molecule has 7 nitrogen and oxygen atoms in total. The highest BCUT2D eigenvalue weighted by atomic mass is 32.2. The lowest BCUT2D eigenvalue weighted by Crippen LogP contribution is -2.48. The number of benzene rings is 2. The average Bonchev–Trinajstić information content (AvgIpc) is 3.13. The molecule has 3 aromatic rings. The standard InChI is InChI=1S/C25H31N3O4S/c1-17-14-18(2)24(19(3)15-17)33(29,30)28-12-10-27(11-13-28)16-22-20(4)32-25(26-22)21-8-6-7-9-23(21)31-5/h6-9,14-15H,10-13,16H2,1-5H3. The summed E-state index contributed by atoms with van der Waals surface area (Å²) in [5, 5.41) is 0. The summed E-state index contributed by atoms with van der Waals surface area (Å²) in [7, 11) is -1.90. The Morgan fingerprint density at radius 2 is 1.64 bits per heavy atom. The lowest BCUT2D eigenvalue weighted by Gasteiger charge is -2.34. The zero-order valence-corrected chi connectivity index (χ0v) is 20.7. The van der Waals surface area contributed by atoms with Gasteiger partial charge in [-0.3, -0.25) is 4.90 Å². The molecule has 1 aliphatic heterocycles. The van der Waals surface area contributed by atoms with Crippen LogP contribution in [0.25, 0.3) is 11.5 Å². The van der Waals surface area contributed by atoms with Gasteiger partial charge in [0.05, 0.1) is 23.3 Å². The van der Waals surface area contributed by atoms with E-state index in [4.69, 9.17) is 14.1 Å². The molecule has 33 heavy (non-hydrogen) atoms. The van der Waals surface area contributed by atoms with Crippen LogP contribution in [0, 0.1) is 27.7 Å². The van der Waals surface area contributed by atoms with Gasteiger partial charge in [0.1, 0.15) is 11.5 Å². The first-order valence-corrected chi connectivity index (χ1v) is 12.5. The van der Waals surface area contributed by atoms with Crippen LogP contribution in [-0.2, 0) is 16.6 Å². The monoisotopic (exact) mass is 469 g/mol. The van der Waals surface area contributed by atoms with Gasteiger partial charge in [-0.1, -0.05) is 29.8 Å². The predicted octanol–water partition coefficient (Wildman–Crippen LogP) is 4.09. The number of oxazole rings is 1. The molecule has 4 rings (SSSR count). The highest BCUT2D eigenvalue weighted by Crippen LogP contribution is 2.31. The maximum Gasteiger partial charge on any atom is 0.243 e. The van der Waals surface area contributed by atoms with Crippen molar-refractivity contribution in [3.05, 3.63) is 64.5 Å². The fourth-order valence-electron chi connectivity index (χ4n) is 4.55. The van der Waals surface area contributed by atoms with Crippen molar-refractivity contribution in [3.8, 4) is 17.2 Å². The van der Waals surface area contributed by atoms with Crippen molar-refractivity contribution in [1.29, 1.82) is 0 Å². The first kappa shape index (κ1) is 23.5. The SMILES string of the molecule is COc1ccccc1-c1nc(CN2CCN(S(=O)(=O)c3c(C)cc(C)cc3C)CC2)c(C)o1. The molecule has 1 aliphatic rings. The molecule has 0 unspecified atom stereocenters. The Bertz CT molecular complexity index is 1240. The Balaban J connectivity index is 1.46. The maximum atomic E-state index is 13.3. The van der Waals surface area contributed by atoms with Crippen molar-refractivity contribution in [2.24, 2.45) is 0 Å². The van der Waals surface area contributed by atoms with Crippen molar-refractivity contribution in [2.75, 3.05) is 33.3 Å². The van der Waals surface area contributed by atoms with Gasteiger partial charge in [-0.2, -0.15) is 4.31 Å². The topological polar surface area (TPSA) is 75.9 Å². The minimum absolute atomic E-state index is 0.440. The van der Waals surface area contributed by atoms with Crippen LogP contribution >= 0.6 is 0 Å². The van der Waals surface area contributed by atoms with Crippen LogP contribution in [0.5, 0.6) is 5.75 Å². The van der Waals surface area contributed by atoms with E-state index < -0.39 is 10.0 Å². The molecule has 176 valence electrons. The number of nitrogens with zero attached hydrogens (tertiary/aromatic N) is 3. The normalized spacial score (nSPS) is 15.7. The molecule has 0 atom stereocenters. The quantitative estimate of drug-likeness (QED) is 0.541. The Hall–Kier alpha value is -2.68. The molecule has 0 bridgehead atoms. The van der Waals surface area contributed by atoms with E-state index in [1.165, 1.54) is 0 Å². The van der Waals surface area contributed by atoms with Gasteiger partial charge < -0.3 is 9.15 Å². The van der Waals surface area contributed by atoms with E-state index in [1.807, 2.05) is 64.1 Å². The third kappa shape index (κ3) is 4.69. The fraction of sp³-hybridized carbons (Fsp3) is 0.400. The number of ether oxygens (including phenoxy) is 1. The Morgan fingerprint density at radius 1 is 1.00 bits per heavy atom. The number of methoxy groups -OCH3 is 1. The summed E-state index contributed by atoms with van der Waals surface area (Å²) in [4.78, 5) is 7.37. The number of rotatable bonds is 6. The van der Waals surface area contributed by atoms with Crippen molar-refractivity contribution in [1.82, 2.24) is 14.2 Å². The maximum absolute atomic E-state index is 13.3. The molecule has 1 fully saturated rings. The Kier molecular flexibility index (Phi) is 6.61. The zero-order valence-electron chi connectivity index (χ0n) is 19.9. The summed E-state index contributed by atoms with van der Waals surface area (Å²) in [5.74, 6) is 2.01. The number of para-hydroxylation sites is 1. The van der Waals surface area contributed by atoms with Gasteiger partial charge in [0.2, 0.25) is 15.9 Å². The van der Waals surface area contributed by atoms with Gasteiger partial charge in [-0.15, -0.1) is 0 Å². The van der Waals surface area contributed by atoms with E-state index in [0.29, 0.717) is 49.3 Å². The van der Waals surface area contributed by atoms with E-state index in [2.05, 4.69) is 4.90 Å². The van der Waals surface area contributed by atoms with E-state index in [0.717, 1.165) is 33.7 Å². The van der Waals surface area contributed by atoms with Crippen molar-refractivity contribution in [2.45, 2.75) is 39.1 Å². The average molecular weight is 470 g/mol. The van der Waals surface area contributed by atoms with Gasteiger partial charge in [-0.25, -0.2) is 13.4 Å². The smallest absolute Gasteiger partial charge is 0.243 e. The van der Waals surface area contributed by atoms with Crippen LogP contribution in [0.3, 0.4) is 0 Å². The third-order valence-electron chi connectivity index (χ3n) is 6.14. The highest BCUT2D eigenvalue weighted by molar-refractivity contribution is 7.89. The van der Waals surface area contributed by atoms with Crippen LogP contribution in [0.2, 0.25) is 0 Å². The summed E-state index contributed by atoms with van der Waals surface area (Å²) >= 11 is 0. The summed E-state index contributed by atoms with van der Waals surface area (Å²) < 4.78 is 39.7. The molecule has 0 amide bonds. The summed E-state index contributed by atoms with van der Waals surface area (Å²) in [6.45, 7) is 10.4. The Labute approximate surface area is 196 Å². The van der Waals surface area contributed by atoms with E-state index in [1.54, 1.807) is 11.4 Å². The number of hydrogen-bond donors (Lipinski definition) is 0. The lowest BCUT2D eigenvalue weighted by molar-refractivity contribution is 0.179. The number of aryl methyl sites for hydroxylation is 4. The molecule has 0 saturated carbocycles. The van der Waals surface area contributed by atoms with Crippen molar-refractivity contribution in [3.63, 3.8) is 0 Å². The molecule has 8 heteroatoms. The first-order valence-electron chi connectivity index (χ1n) is 11.1. The van der Waals surface area contributed by atoms with Crippen LogP contribution in [0.4, 0.5) is 0 Å². The van der Waals surface area contributed by atoms with Gasteiger partial charge in [0, 0.05) is 32.7 Å². The highest BCUT2D eigenvalue weighted by Gasteiger charge is 2.31. The van der Waals surface area contributed by atoms with Crippen LogP contribution in [-0.4, -0.2) is 55.9 Å². The van der Waals surface area contributed by atoms with Gasteiger partial charge in [-0.05, 0) is 51.0 Å². The van der Waals surface area contributed by atoms with E-state index in [-0.39, 0.29) is 0 Å². The zero-order chi connectivity index (χ0) is 23.8. The number of sulfonamides is 1. The van der Waals surface area contributed by atoms with Crippen molar-refractivity contribution < 1.29 is 17.6 Å². The second-order valence-corrected chi connectivity index (χ2v) is 10.5. The summed E-state index contributed by atoms with van der Waals surface area (Å²) in [6, 6.07) is 11.5.